The monoisotopic (exact) mass is 427 g/mol. The molecule has 3 unspecified atom stereocenters. The molecule has 7 nitrogen and oxygen atoms in total. The molecule has 0 spiro atoms. The highest BCUT2D eigenvalue weighted by atomic mass is 16.5. The van der Waals surface area contributed by atoms with Crippen molar-refractivity contribution in [2.45, 2.75) is 51.1 Å². The highest BCUT2D eigenvalue weighted by Gasteiger charge is 2.32. The number of aliphatic imine (C=N–C) groups is 1. The molecule has 3 aliphatic heterocycles. The van der Waals surface area contributed by atoms with E-state index in [1.807, 2.05) is 11.9 Å². The van der Waals surface area contributed by atoms with E-state index in [0.717, 1.165) is 64.7 Å². The highest BCUT2D eigenvalue weighted by Crippen LogP contribution is 2.38. The molecule has 4 rings (SSSR count). The summed E-state index contributed by atoms with van der Waals surface area (Å²) in [7, 11) is 1.86. The average Bonchev–Trinajstić information content (AvgIpc) is 3.36. The van der Waals surface area contributed by atoms with Crippen LogP contribution in [0.5, 0.6) is 0 Å². The number of hydrogen-bond acceptors (Lipinski definition) is 4. The number of nitrogens with zero attached hydrogens (tertiary/aromatic N) is 4. The lowest BCUT2D eigenvalue weighted by molar-refractivity contribution is -0.127. The molecule has 0 aromatic heterocycles. The number of rotatable bonds is 6. The minimum Gasteiger partial charge on any atom is -0.379 e. The van der Waals surface area contributed by atoms with Crippen molar-refractivity contribution >= 4 is 17.6 Å². The molecule has 170 valence electrons. The second-order valence-corrected chi connectivity index (χ2v) is 9.08. The van der Waals surface area contributed by atoms with Crippen LogP contribution in [0.2, 0.25) is 0 Å². The molecule has 1 aromatic carbocycles. The van der Waals surface area contributed by atoms with E-state index in [2.05, 4.69) is 58.2 Å². The molecule has 2 fully saturated rings. The number of ether oxygens (including phenoxy) is 1. The van der Waals surface area contributed by atoms with Crippen LogP contribution in [0.25, 0.3) is 0 Å². The number of carbonyl (C=O) groups is 1. The summed E-state index contributed by atoms with van der Waals surface area (Å²) in [5.41, 5.74) is 2.60. The molecular formula is C24H37N5O2. The molecule has 31 heavy (non-hydrogen) atoms. The first-order chi connectivity index (χ1) is 15.1. The van der Waals surface area contributed by atoms with Crippen LogP contribution >= 0.6 is 0 Å². The van der Waals surface area contributed by atoms with E-state index in [9.17, 15) is 4.79 Å². The average molecular weight is 428 g/mol. The van der Waals surface area contributed by atoms with Gasteiger partial charge in [0.25, 0.3) is 0 Å². The van der Waals surface area contributed by atoms with Gasteiger partial charge < -0.3 is 19.9 Å². The van der Waals surface area contributed by atoms with Crippen molar-refractivity contribution in [3.05, 3.63) is 29.8 Å². The van der Waals surface area contributed by atoms with E-state index < -0.39 is 0 Å². The largest absolute Gasteiger partial charge is 0.379 e. The Bertz CT molecular complexity index is 798. The smallest absolute Gasteiger partial charge is 0.222 e. The maximum atomic E-state index is 12.0. The van der Waals surface area contributed by atoms with Gasteiger partial charge in [-0.25, -0.2) is 0 Å². The fourth-order valence-electron chi connectivity index (χ4n) is 5.24. The van der Waals surface area contributed by atoms with E-state index in [4.69, 9.17) is 4.74 Å². The molecule has 0 saturated carbocycles. The Kier molecular flexibility index (Phi) is 7.13. The third-order valence-electron chi connectivity index (χ3n) is 7.00. The van der Waals surface area contributed by atoms with Gasteiger partial charge in [-0.1, -0.05) is 18.2 Å². The van der Waals surface area contributed by atoms with Crippen LogP contribution in [0.15, 0.2) is 29.3 Å². The molecule has 1 N–H and O–H groups in total. The number of hydrogen-bond donors (Lipinski definition) is 1. The molecule has 7 heteroatoms. The van der Waals surface area contributed by atoms with Gasteiger partial charge in [0.05, 0.1) is 13.2 Å². The summed E-state index contributed by atoms with van der Waals surface area (Å²) >= 11 is 0. The SMILES string of the molecule is CN=C(NCC(C)N1CCOCC1C)N1CC(CCN2CCCC2=O)c2ccccc21. The van der Waals surface area contributed by atoms with Gasteiger partial charge in [0.15, 0.2) is 5.96 Å². The fourth-order valence-corrected chi connectivity index (χ4v) is 5.24. The van der Waals surface area contributed by atoms with Crippen LogP contribution in [0.3, 0.4) is 0 Å². The molecule has 3 heterocycles. The molecular weight excluding hydrogens is 390 g/mol. The van der Waals surface area contributed by atoms with Crippen molar-refractivity contribution in [1.29, 1.82) is 0 Å². The number of para-hydroxylation sites is 1. The van der Waals surface area contributed by atoms with Gasteiger partial charge in [-0.3, -0.25) is 14.7 Å². The van der Waals surface area contributed by atoms with Gasteiger partial charge in [0.2, 0.25) is 5.91 Å². The van der Waals surface area contributed by atoms with Crippen LogP contribution in [-0.4, -0.2) is 86.7 Å². The number of likely N-dealkylation sites (tertiary alicyclic amines) is 1. The summed E-state index contributed by atoms with van der Waals surface area (Å²) in [5.74, 6) is 1.66. The van der Waals surface area contributed by atoms with Gasteiger partial charge in [0.1, 0.15) is 0 Å². The van der Waals surface area contributed by atoms with E-state index in [0.29, 0.717) is 30.3 Å². The Labute approximate surface area is 186 Å². The summed E-state index contributed by atoms with van der Waals surface area (Å²) in [6.45, 7) is 10.6. The van der Waals surface area contributed by atoms with E-state index in [1.165, 1.54) is 11.3 Å². The maximum Gasteiger partial charge on any atom is 0.222 e. The molecule has 1 aromatic rings. The molecule has 2 saturated heterocycles. The number of fused-ring (bicyclic) bond motifs is 1. The zero-order valence-electron chi connectivity index (χ0n) is 19.2. The molecule has 0 aliphatic carbocycles. The second kappa shape index (κ2) is 10.0. The second-order valence-electron chi connectivity index (χ2n) is 9.08. The lowest BCUT2D eigenvalue weighted by atomic mass is 9.98. The maximum absolute atomic E-state index is 12.0. The van der Waals surface area contributed by atoms with Crippen molar-refractivity contribution in [3.63, 3.8) is 0 Å². The summed E-state index contributed by atoms with van der Waals surface area (Å²) in [6.07, 6.45) is 2.71. The van der Waals surface area contributed by atoms with Crippen molar-refractivity contribution in [1.82, 2.24) is 15.1 Å². The first-order valence-corrected chi connectivity index (χ1v) is 11.8. The third kappa shape index (κ3) is 4.88. The van der Waals surface area contributed by atoms with E-state index in [-0.39, 0.29) is 0 Å². The van der Waals surface area contributed by atoms with Gasteiger partial charge in [0, 0.05) is 69.9 Å². The number of guanidine groups is 1. The van der Waals surface area contributed by atoms with Gasteiger partial charge in [-0.05, 0) is 38.3 Å². The topological polar surface area (TPSA) is 60.4 Å². The summed E-state index contributed by atoms with van der Waals surface area (Å²) in [6, 6.07) is 9.49. The van der Waals surface area contributed by atoms with Crippen molar-refractivity contribution < 1.29 is 9.53 Å². The van der Waals surface area contributed by atoms with Gasteiger partial charge in [-0.2, -0.15) is 0 Å². The molecule has 3 aliphatic rings. The van der Waals surface area contributed by atoms with Crippen LogP contribution in [-0.2, 0) is 9.53 Å². The van der Waals surface area contributed by atoms with Gasteiger partial charge in [-0.15, -0.1) is 0 Å². The van der Waals surface area contributed by atoms with Crippen LogP contribution < -0.4 is 10.2 Å². The highest BCUT2D eigenvalue weighted by molar-refractivity contribution is 5.98. The Hall–Kier alpha value is -2.12. The Balaban J connectivity index is 1.39. The third-order valence-corrected chi connectivity index (χ3v) is 7.00. The summed E-state index contributed by atoms with van der Waals surface area (Å²) in [5, 5.41) is 3.62. The Morgan fingerprint density at radius 1 is 1.32 bits per heavy atom. The van der Waals surface area contributed by atoms with Crippen molar-refractivity contribution in [2.75, 3.05) is 57.9 Å². The Morgan fingerprint density at radius 3 is 2.90 bits per heavy atom. The Morgan fingerprint density at radius 2 is 2.16 bits per heavy atom. The first kappa shape index (κ1) is 22.1. The normalized spacial score (nSPS) is 25.8. The van der Waals surface area contributed by atoms with Crippen molar-refractivity contribution in [3.8, 4) is 0 Å². The minimum absolute atomic E-state index is 0.312. The zero-order chi connectivity index (χ0) is 21.8. The van der Waals surface area contributed by atoms with Crippen LogP contribution in [0, 0.1) is 0 Å². The fraction of sp³-hybridized carbons (Fsp3) is 0.667. The molecule has 0 radical (unpaired) electrons. The first-order valence-electron chi connectivity index (χ1n) is 11.8. The number of anilines is 1. The van der Waals surface area contributed by atoms with E-state index >= 15 is 0 Å². The minimum atomic E-state index is 0.312. The van der Waals surface area contributed by atoms with E-state index in [1.54, 1.807) is 0 Å². The molecule has 3 atom stereocenters. The molecule has 1 amide bonds. The van der Waals surface area contributed by atoms with Gasteiger partial charge >= 0.3 is 0 Å². The molecule has 0 bridgehead atoms. The zero-order valence-corrected chi connectivity index (χ0v) is 19.2. The number of nitrogens with one attached hydrogen (secondary N) is 1. The quantitative estimate of drug-likeness (QED) is 0.558. The van der Waals surface area contributed by atoms with Crippen molar-refractivity contribution in [2.24, 2.45) is 4.99 Å². The lowest BCUT2D eigenvalue weighted by Crippen LogP contribution is -2.53. The number of morpholine rings is 1. The summed E-state index contributed by atoms with van der Waals surface area (Å²) in [4.78, 5) is 23.5. The summed E-state index contributed by atoms with van der Waals surface area (Å²) < 4.78 is 5.59. The van der Waals surface area contributed by atoms with Crippen LogP contribution in [0.1, 0.15) is 44.6 Å². The predicted octanol–water partition coefficient (Wildman–Crippen LogP) is 2.29. The van der Waals surface area contributed by atoms with Crippen LogP contribution in [0.4, 0.5) is 5.69 Å². The number of amides is 1. The number of benzene rings is 1. The standard InChI is InChI=1S/C24H37N5O2/c1-18(28-13-14-31-17-19(28)2)15-26-24(25-3)29-16-20(21-7-4-5-8-22(21)29)10-12-27-11-6-9-23(27)30/h4-5,7-8,18-20H,6,9-17H2,1-3H3,(H,25,26). The number of carbonyl (C=O) groups excluding carboxylic acids is 1. The predicted molar refractivity (Wildman–Crippen MR) is 125 cm³/mol. The lowest BCUT2D eigenvalue weighted by Gasteiger charge is -2.38.